The summed E-state index contributed by atoms with van der Waals surface area (Å²) in [5, 5.41) is 20.9. The molecule has 1 fully saturated rings. The molecule has 168 valence electrons. The van der Waals surface area contributed by atoms with E-state index >= 15 is 0 Å². The third kappa shape index (κ3) is 4.85. The number of hydrogen-bond donors (Lipinski definition) is 2. The molecule has 0 unspecified atom stereocenters. The van der Waals surface area contributed by atoms with Gasteiger partial charge in [-0.25, -0.2) is 0 Å². The minimum Gasteiger partial charge on any atom is -0.494 e. The molecule has 6 nitrogen and oxygen atoms in total. The van der Waals surface area contributed by atoms with Crippen molar-refractivity contribution in [1.29, 1.82) is 0 Å². The Hall–Kier alpha value is -2.60. The van der Waals surface area contributed by atoms with Gasteiger partial charge in [-0.2, -0.15) is 0 Å². The van der Waals surface area contributed by atoms with E-state index in [4.69, 9.17) is 4.74 Å². The van der Waals surface area contributed by atoms with Gasteiger partial charge in [-0.15, -0.1) is 0 Å². The Balaban J connectivity index is 1.24. The fourth-order valence-electron chi connectivity index (χ4n) is 4.63. The zero-order chi connectivity index (χ0) is 21.8. The average Bonchev–Trinajstić information content (AvgIpc) is 3.02. The number of allylic oxidation sites excluding steroid dienone is 2. The monoisotopic (exact) mass is 425 g/mol. The average molecular weight is 426 g/mol. The summed E-state index contributed by atoms with van der Waals surface area (Å²) in [4.78, 5) is 4.93. The number of benzene rings is 1. The minimum absolute atomic E-state index is 0.170. The van der Waals surface area contributed by atoms with E-state index in [9.17, 15) is 10.2 Å². The molecule has 2 N–H and O–H groups in total. The van der Waals surface area contributed by atoms with Crippen LogP contribution < -0.4 is 9.64 Å². The van der Waals surface area contributed by atoms with Gasteiger partial charge in [0.25, 0.3) is 0 Å². The van der Waals surface area contributed by atoms with E-state index in [0.717, 1.165) is 62.4 Å². The molecule has 2 aromatic rings. The van der Waals surface area contributed by atoms with E-state index < -0.39 is 0 Å². The van der Waals surface area contributed by atoms with Gasteiger partial charge >= 0.3 is 0 Å². The van der Waals surface area contributed by atoms with Crippen LogP contribution in [0.15, 0.2) is 36.4 Å². The molecular weight excluding hydrogens is 390 g/mol. The first-order valence-corrected chi connectivity index (χ1v) is 11.5. The Morgan fingerprint density at radius 3 is 2.13 bits per heavy atom. The highest BCUT2D eigenvalue weighted by molar-refractivity contribution is 5.58. The number of hydrogen-bond acceptors (Lipinski definition) is 5. The number of piperazine rings is 1. The SMILES string of the molecule is CC(C)Oc1ccccc1N1CCN(CCCCn2c(O)c3c(c2O)CC=CC3)CC1. The maximum Gasteiger partial charge on any atom is 0.197 e. The van der Waals surface area contributed by atoms with Crippen molar-refractivity contribution in [2.24, 2.45) is 0 Å². The van der Waals surface area contributed by atoms with Gasteiger partial charge < -0.3 is 19.8 Å². The zero-order valence-corrected chi connectivity index (χ0v) is 18.8. The summed E-state index contributed by atoms with van der Waals surface area (Å²) in [6, 6.07) is 8.32. The number of ether oxygens (including phenoxy) is 1. The number of rotatable bonds is 8. The molecule has 6 heteroatoms. The molecule has 0 radical (unpaired) electrons. The van der Waals surface area contributed by atoms with Crippen molar-refractivity contribution >= 4 is 5.69 Å². The molecule has 1 aliphatic carbocycles. The lowest BCUT2D eigenvalue weighted by molar-refractivity contribution is 0.235. The number of nitrogens with zero attached hydrogens (tertiary/aromatic N) is 3. The smallest absolute Gasteiger partial charge is 0.197 e. The van der Waals surface area contributed by atoms with Crippen LogP contribution in [0.1, 0.15) is 37.8 Å². The van der Waals surface area contributed by atoms with Crippen LogP contribution in [0.3, 0.4) is 0 Å². The predicted octanol–water partition coefficient (Wildman–Crippen LogP) is 3.94. The second-order valence-electron chi connectivity index (χ2n) is 8.81. The molecule has 1 aromatic heterocycles. The summed E-state index contributed by atoms with van der Waals surface area (Å²) in [5.41, 5.74) is 2.96. The normalized spacial score (nSPS) is 16.7. The lowest BCUT2D eigenvalue weighted by Gasteiger charge is -2.37. The quantitative estimate of drug-likeness (QED) is 0.495. The first-order valence-electron chi connectivity index (χ1n) is 11.5. The summed E-state index contributed by atoms with van der Waals surface area (Å²) in [7, 11) is 0. The Labute approximate surface area is 185 Å². The van der Waals surface area contributed by atoms with E-state index in [-0.39, 0.29) is 17.9 Å². The molecular formula is C25H35N3O3. The molecule has 1 aromatic carbocycles. The Kier molecular flexibility index (Phi) is 6.76. The van der Waals surface area contributed by atoms with Crippen LogP contribution >= 0.6 is 0 Å². The van der Waals surface area contributed by atoms with Crippen molar-refractivity contribution in [3.8, 4) is 17.5 Å². The first-order chi connectivity index (χ1) is 15.0. The zero-order valence-electron chi connectivity index (χ0n) is 18.8. The number of aromatic nitrogens is 1. The first kappa shape index (κ1) is 21.6. The highest BCUT2D eigenvalue weighted by Crippen LogP contribution is 2.37. The molecule has 0 amide bonds. The van der Waals surface area contributed by atoms with Crippen LogP contribution in [0.5, 0.6) is 17.5 Å². The number of para-hydroxylation sites is 2. The number of fused-ring (bicyclic) bond motifs is 1. The van der Waals surface area contributed by atoms with E-state index in [2.05, 4.69) is 54.0 Å². The Morgan fingerprint density at radius 1 is 0.871 bits per heavy atom. The van der Waals surface area contributed by atoms with Gasteiger partial charge in [-0.05, 0) is 58.2 Å². The highest BCUT2D eigenvalue weighted by atomic mass is 16.5. The summed E-state index contributed by atoms with van der Waals surface area (Å²) >= 11 is 0. The van der Waals surface area contributed by atoms with Gasteiger partial charge in [0.1, 0.15) is 5.75 Å². The van der Waals surface area contributed by atoms with Crippen molar-refractivity contribution in [1.82, 2.24) is 9.47 Å². The maximum atomic E-state index is 10.5. The van der Waals surface area contributed by atoms with Crippen LogP contribution in [-0.4, -0.2) is 58.5 Å². The molecule has 0 atom stereocenters. The maximum absolute atomic E-state index is 10.5. The van der Waals surface area contributed by atoms with Crippen LogP contribution in [0.25, 0.3) is 0 Å². The molecule has 0 bridgehead atoms. The van der Waals surface area contributed by atoms with Crippen molar-refractivity contribution in [3.05, 3.63) is 47.5 Å². The molecule has 31 heavy (non-hydrogen) atoms. The molecule has 1 aliphatic heterocycles. The minimum atomic E-state index is 0.170. The van der Waals surface area contributed by atoms with E-state index in [0.29, 0.717) is 19.4 Å². The summed E-state index contributed by atoms with van der Waals surface area (Å²) in [5.74, 6) is 1.45. The number of aromatic hydroxyl groups is 2. The van der Waals surface area contributed by atoms with Gasteiger partial charge in [0.05, 0.1) is 11.8 Å². The topological polar surface area (TPSA) is 61.1 Å². The summed E-state index contributed by atoms with van der Waals surface area (Å²) in [6.07, 6.45) is 7.68. The molecule has 0 saturated carbocycles. The van der Waals surface area contributed by atoms with Crippen molar-refractivity contribution in [2.45, 2.75) is 52.2 Å². The van der Waals surface area contributed by atoms with Crippen molar-refractivity contribution in [3.63, 3.8) is 0 Å². The van der Waals surface area contributed by atoms with Crippen molar-refractivity contribution in [2.75, 3.05) is 37.6 Å². The highest BCUT2D eigenvalue weighted by Gasteiger charge is 2.23. The second-order valence-corrected chi connectivity index (χ2v) is 8.81. The lowest BCUT2D eigenvalue weighted by Crippen LogP contribution is -2.46. The fourth-order valence-corrected chi connectivity index (χ4v) is 4.63. The Bertz CT molecular complexity index is 879. The Morgan fingerprint density at radius 2 is 1.48 bits per heavy atom. The van der Waals surface area contributed by atoms with E-state index in [1.165, 1.54) is 5.69 Å². The largest absolute Gasteiger partial charge is 0.494 e. The predicted molar refractivity (Wildman–Crippen MR) is 124 cm³/mol. The van der Waals surface area contributed by atoms with Gasteiger partial charge in [-0.3, -0.25) is 9.47 Å². The summed E-state index contributed by atoms with van der Waals surface area (Å²) in [6.45, 7) is 9.90. The van der Waals surface area contributed by atoms with Crippen LogP contribution in [0.2, 0.25) is 0 Å². The number of unbranched alkanes of at least 4 members (excludes halogenated alkanes) is 1. The van der Waals surface area contributed by atoms with Crippen molar-refractivity contribution < 1.29 is 14.9 Å². The van der Waals surface area contributed by atoms with Crippen LogP contribution in [-0.2, 0) is 19.4 Å². The standard InChI is InChI=1S/C25H35N3O3/c1-19(2)31-23-12-6-5-11-22(23)27-17-15-26(16-18-27)13-7-8-14-28-24(29)20-9-3-4-10-21(20)25(28)30/h3-6,11-12,19,29-30H,7-10,13-18H2,1-2H3. The van der Waals surface area contributed by atoms with Crippen LogP contribution in [0.4, 0.5) is 5.69 Å². The van der Waals surface area contributed by atoms with E-state index in [1.54, 1.807) is 4.57 Å². The van der Waals surface area contributed by atoms with Gasteiger partial charge in [0.15, 0.2) is 11.8 Å². The fraction of sp³-hybridized carbons (Fsp3) is 0.520. The number of anilines is 1. The van der Waals surface area contributed by atoms with Gasteiger partial charge in [0.2, 0.25) is 0 Å². The third-order valence-electron chi connectivity index (χ3n) is 6.27. The van der Waals surface area contributed by atoms with Gasteiger partial charge in [0, 0.05) is 43.9 Å². The van der Waals surface area contributed by atoms with Crippen LogP contribution in [0, 0.1) is 0 Å². The molecule has 4 rings (SSSR count). The second kappa shape index (κ2) is 9.69. The molecule has 0 spiro atoms. The van der Waals surface area contributed by atoms with Gasteiger partial charge in [-0.1, -0.05) is 24.3 Å². The summed E-state index contributed by atoms with van der Waals surface area (Å²) < 4.78 is 7.68. The van der Waals surface area contributed by atoms with E-state index in [1.807, 2.05) is 6.07 Å². The molecule has 2 aliphatic rings. The third-order valence-corrected chi connectivity index (χ3v) is 6.27. The lowest BCUT2D eigenvalue weighted by atomic mass is 10.0. The molecule has 1 saturated heterocycles. The molecule has 2 heterocycles.